The number of carbonyl (C=O) groups excluding carboxylic acids is 1. The third-order valence-electron chi connectivity index (χ3n) is 5.21. The third kappa shape index (κ3) is 5.64. The van der Waals surface area contributed by atoms with E-state index < -0.39 is 0 Å². The van der Waals surface area contributed by atoms with E-state index in [0.29, 0.717) is 11.7 Å². The van der Waals surface area contributed by atoms with Crippen LogP contribution in [0.5, 0.6) is 0 Å². The molecule has 0 saturated heterocycles. The molecule has 7 nitrogen and oxygen atoms in total. The Kier molecular flexibility index (Phi) is 6.97. The first-order chi connectivity index (χ1) is 17.2. The molecule has 1 amide bonds. The smallest absolute Gasteiger partial charge is 0.234 e. The number of anilines is 1. The second-order valence-corrected chi connectivity index (χ2v) is 9.79. The average molecular weight is 499 g/mol. The molecule has 35 heavy (non-hydrogen) atoms. The predicted molar refractivity (Wildman–Crippen MR) is 140 cm³/mol. The van der Waals surface area contributed by atoms with Gasteiger partial charge in [0, 0.05) is 34.6 Å². The lowest BCUT2D eigenvalue weighted by Crippen LogP contribution is -2.15. The standard InChI is InChI=1S/C26H22N6OS2/c1-18-28-23(16-34-18)20-9-5-11-22(13-20)29-24(33)17-35-26-31-30-25(21-10-6-12-27-14-21)32(26)15-19-7-3-2-4-8-19/h2-14,16H,15,17H2,1H3,(H,29,33). The lowest BCUT2D eigenvalue weighted by atomic mass is 10.1. The molecule has 3 heterocycles. The fraction of sp³-hybridized carbons (Fsp3) is 0.115. The summed E-state index contributed by atoms with van der Waals surface area (Å²) in [6, 6.07) is 21.7. The Balaban J connectivity index is 1.31. The van der Waals surface area contributed by atoms with Crippen LogP contribution in [0.2, 0.25) is 0 Å². The Hall–Kier alpha value is -3.82. The van der Waals surface area contributed by atoms with Crippen molar-refractivity contribution in [2.24, 2.45) is 0 Å². The molecule has 174 valence electrons. The van der Waals surface area contributed by atoms with Gasteiger partial charge in [0.25, 0.3) is 0 Å². The molecule has 0 saturated carbocycles. The second kappa shape index (κ2) is 10.6. The lowest BCUT2D eigenvalue weighted by molar-refractivity contribution is -0.113. The van der Waals surface area contributed by atoms with Gasteiger partial charge in [0.2, 0.25) is 5.91 Å². The molecule has 5 rings (SSSR count). The summed E-state index contributed by atoms with van der Waals surface area (Å²) in [6.45, 7) is 2.57. The van der Waals surface area contributed by atoms with Crippen LogP contribution in [-0.4, -0.2) is 36.4 Å². The zero-order valence-corrected chi connectivity index (χ0v) is 20.6. The maximum Gasteiger partial charge on any atom is 0.234 e. The van der Waals surface area contributed by atoms with E-state index in [-0.39, 0.29) is 11.7 Å². The summed E-state index contributed by atoms with van der Waals surface area (Å²) in [6.07, 6.45) is 3.50. The van der Waals surface area contributed by atoms with Crippen molar-refractivity contribution in [2.75, 3.05) is 11.1 Å². The predicted octanol–water partition coefficient (Wildman–Crippen LogP) is 5.55. The number of aryl methyl sites for hydroxylation is 1. The van der Waals surface area contributed by atoms with Gasteiger partial charge in [-0.25, -0.2) is 4.98 Å². The minimum atomic E-state index is -0.112. The van der Waals surface area contributed by atoms with Gasteiger partial charge in [0.05, 0.1) is 23.0 Å². The van der Waals surface area contributed by atoms with E-state index >= 15 is 0 Å². The molecule has 0 aliphatic carbocycles. The minimum Gasteiger partial charge on any atom is -0.325 e. The molecule has 0 fully saturated rings. The van der Waals surface area contributed by atoms with Gasteiger partial charge in [-0.05, 0) is 36.8 Å². The first-order valence-corrected chi connectivity index (χ1v) is 12.8. The quantitative estimate of drug-likeness (QED) is 0.282. The molecule has 2 aromatic carbocycles. The first kappa shape index (κ1) is 22.9. The van der Waals surface area contributed by atoms with Crippen LogP contribution < -0.4 is 5.32 Å². The highest BCUT2D eigenvalue weighted by Crippen LogP contribution is 2.26. The molecule has 0 radical (unpaired) electrons. The number of thioether (sulfide) groups is 1. The summed E-state index contributed by atoms with van der Waals surface area (Å²) in [4.78, 5) is 21.5. The normalized spacial score (nSPS) is 10.9. The number of pyridine rings is 1. The van der Waals surface area contributed by atoms with Gasteiger partial charge in [0.15, 0.2) is 11.0 Å². The Morgan fingerprint density at radius 3 is 2.66 bits per heavy atom. The van der Waals surface area contributed by atoms with Crippen LogP contribution in [0, 0.1) is 6.92 Å². The summed E-state index contributed by atoms with van der Waals surface area (Å²) in [7, 11) is 0. The highest BCUT2D eigenvalue weighted by atomic mass is 32.2. The molecule has 0 unspecified atom stereocenters. The first-order valence-electron chi connectivity index (χ1n) is 11.0. The molecule has 0 aliphatic heterocycles. The van der Waals surface area contributed by atoms with Gasteiger partial charge < -0.3 is 5.32 Å². The van der Waals surface area contributed by atoms with Gasteiger partial charge in [-0.2, -0.15) is 0 Å². The molecule has 0 aliphatic rings. The zero-order chi connectivity index (χ0) is 24.0. The Bertz CT molecular complexity index is 1430. The Morgan fingerprint density at radius 1 is 1.03 bits per heavy atom. The van der Waals surface area contributed by atoms with Crippen molar-refractivity contribution in [3.05, 3.63) is 95.1 Å². The number of amides is 1. The summed E-state index contributed by atoms with van der Waals surface area (Å²) in [5, 5.41) is 15.5. The van der Waals surface area contributed by atoms with E-state index in [1.54, 1.807) is 23.7 Å². The van der Waals surface area contributed by atoms with Gasteiger partial charge in [0.1, 0.15) is 0 Å². The van der Waals surface area contributed by atoms with Crippen molar-refractivity contribution in [3.8, 4) is 22.6 Å². The SMILES string of the molecule is Cc1nc(-c2cccc(NC(=O)CSc3nnc(-c4cccnc4)n3Cc3ccccc3)c2)cs1. The summed E-state index contributed by atoms with van der Waals surface area (Å²) in [5.74, 6) is 0.815. The number of benzene rings is 2. The largest absolute Gasteiger partial charge is 0.325 e. The number of nitrogens with one attached hydrogen (secondary N) is 1. The maximum atomic E-state index is 12.8. The average Bonchev–Trinajstić information content (AvgIpc) is 3.50. The van der Waals surface area contributed by atoms with Crippen molar-refractivity contribution in [3.63, 3.8) is 0 Å². The number of rotatable bonds is 8. The van der Waals surface area contributed by atoms with Crippen molar-refractivity contribution in [1.29, 1.82) is 0 Å². The Morgan fingerprint density at radius 2 is 1.89 bits per heavy atom. The third-order valence-corrected chi connectivity index (χ3v) is 6.95. The molecule has 0 atom stereocenters. The number of nitrogens with zero attached hydrogens (tertiary/aromatic N) is 5. The van der Waals surface area contributed by atoms with E-state index in [1.807, 2.05) is 71.5 Å². The van der Waals surface area contributed by atoms with Crippen LogP contribution in [0.15, 0.2) is 89.7 Å². The van der Waals surface area contributed by atoms with Crippen molar-refractivity contribution in [2.45, 2.75) is 18.6 Å². The lowest BCUT2D eigenvalue weighted by Gasteiger charge is -2.11. The minimum absolute atomic E-state index is 0.112. The molecule has 5 aromatic rings. The summed E-state index contributed by atoms with van der Waals surface area (Å²) < 4.78 is 2.02. The summed E-state index contributed by atoms with van der Waals surface area (Å²) >= 11 is 2.97. The number of hydrogen-bond acceptors (Lipinski definition) is 7. The fourth-order valence-electron chi connectivity index (χ4n) is 3.59. The van der Waals surface area contributed by atoms with Crippen LogP contribution >= 0.6 is 23.1 Å². The Labute approximate surface area is 211 Å². The highest BCUT2D eigenvalue weighted by molar-refractivity contribution is 7.99. The highest BCUT2D eigenvalue weighted by Gasteiger charge is 2.16. The number of hydrogen-bond donors (Lipinski definition) is 1. The topological polar surface area (TPSA) is 85.6 Å². The zero-order valence-electron chi connectivity index (χ0n) is 19.0. The van der Waals surface area contributed by atoms with Crippen molar-refractivity contribution in [1.82, 2.24) is 24.7 Å². The van der Waals surface area contributed by atoms with Crippen LogP contribution in [-0.2, 0) is 11.3 Å². The van der Waals surface area contributed by atoms with Crippen LogP contribution in [0.4, 0.5) is 5.69 Å². The molecule has 0 spiro atoms. The monoisotopic (exact) mass is 498 g/mol. The summed E-state index contributed by atoms with van der Waals surface area (Å²) in [5.41, 5.74) is 4.62. The molecular formula is C26H22N6OS2. The van der Waals surface area contributed by atoms with E-state index in [2.05, 4.69) is 37.6 Å². The van der Waals surface area contributed by atoms with Gasteiger partial charge in [-0.1, -0.05) is 54.2 Å². The van der Waals surface area contributed by atoms with Gasteiger partial charge in [-0.3, -0.25) is 14.3 Å². The fourth-order valence-corrected chi connectivity index (χ4v) is 4.95. The van der Waals surface area contributed by atoms with Gasteiger partial charge >= 0.3 is 0 Å². The van der Waals surface area contributed by atoms with E-state index in [1.165, 1.54) is 11.8 Å². The molecular weight excluding hydrogens is 476 g/mol. The number of carbonyl (C=O) groups is 1. The van der Waals surface area contributed by atoms with Crippen LogP contribution in [0.1, 0.15) is 10.6 Å². The molecule has 1 N–H and O–H groups in total. The van der Waals surface area contributed by atoms with Crippen molar-refractivity contribution < 1.29 is 4.79 Å². The number of thiazole rings is 1. The maximum absolute atomic E-state index is 12.8. The van der Waals surface area contributed by atoms with Crippen LogP contribution in [0.25, 0.3) is 22.6 Å². The second-order valence-electron chi connectivity index (χ2n) is 7.79. The molecule has 3 aromatic heterocycles. The van der Waals surface area contributed by atoms with E-state index in [4.69, 9.17) is 0 Å². The molecule has 9 heteroatoms. The van der Waals surface area contributed by atoms with E-state index in [9.17, 15) is 4.79 Å². The van der Waals surface area contributed by atoms with Crippen LogP contribution in [0.3, 0.4) is 0 Å². The van der Waals surface area contributed by atoms with E-state index in [0.717, 1.165) is 38.9 Å². The number of aromatic nitrogens is 5. The molecule has 0 bridgehead atoms. The van der Waals surface area contributed by atoms with Gasteiger partial charge in [-0.15, -0.1) is 21.5 Å². The van der Waals surface area contributed by atoms with Crippen molar-refractivity contribution >= 4 is 34.7 Å².